The first-order chi connectivity index (χ1) is 9.09. The van der Waals surface area contributed by atoms with Crippen LogP contribution in [0.4, 0.5) is 8.78 Å². The van der Waals surface area contributed by atoms with Gasteiger partial charge in [0.1, 0.15) is 12.4 Å². The first kappa shape index (κ1) is 13.5. The minimum absolute atomic E-state index is 0.0823. The van der Waals surface area contributed by atoms with Gasteiger partial charge in [-0.2, -0.15) is 8.78 Å². The summed E-state index contributed by atoms with van der Waals surface area (Å²) >= 11 is 0. The van der Waals surface area contributed by atoms with Crippen LogP contribution in [0.3, 0.4) is 0 Å². The van der Waals surface area contributed by atoms with E-state index in [4.69, 9.17) is 4.74 Å². The number of aromatic nitrogens is 2. The van der Waals surface area contributed by atoms with E-state index in [1.165, 1.54) is 12.4 Å². The van der Waals surface area contributed by atoms with Crippen LogP contribution in [0.2, 0.25) is 0 Å². The van der Waals surface area contributed by atoms with E-state index in [0.717, 1.165) is 4.57 Å². The third-order valence-electron chi connectivity index (χ3n) is 2.69. The maximum atomic E-state index is 12.6. The van der Waals surface area contributed by atoms with Crippen molar-refractivity contribution in [3.8, 4) is 5.75 Å². The molecule has 0 amide bonds. The van der Waals surface area contributed by atoms with Crippen molar-refractivity contribution in [2.45, 2.75) is 26.2 Å². The second-order valence-corrected chi connectivity index (χ2v) is 4.03. The van der Waals surface area contributed by atoms with E-state index in [2.05, 4.69) is 4.98 Å². The SMILES string of the molecule is CC(O)c1ccccc1OCc1nccn1C(F)F. The van der Waals surface area contributed by atoms with Crippen LogP contribution in [0.15, 0.2) is 36.7 Å². The highest BCUT2D eigenvalue weighted by Crippen LogP contribution is 2.25. The predicted molar refractivity (Wildman–Crippen MR) is 64.9 cm³/mol. The van der Waals surface area contributed by atoms with Crippen molar-refractivity contribution in [3.63, 3.8) is 0 Å². The van der Waals surface area contributed by atoms with Gasteiger partial charge in [-0.3, -0.25) is 4.57 Å². The van der Waals surface area contributed by atoms with Gasteiger partial charge in [0, 0.05) is 18.0 Å². The second-order valence-electron chi connectivity index (χ2n) is 4.03. The molecule has 0 saturated carbocycles. The smallest absolute Gasteiger partial charge is 0.320 e. The zero-order valence-electron chi connectivity index (χ0n) is 10.3. The molecule has 0 aliphatic heterocycles. The van der Waals surface area contributed by atoms with Crippen LogP contribution >= 0.6 is 0 Å². The largest absolute Gasteiger partial charge is 0.485 e. The van der Waals surface area contributed by atoms with Crippen LogP contribution < -0.4 is 4.74 Å². The number of nitrogens with zero attached hydrogens (tertiary/aromatic N) is 2. The number of para-hydroxylation sites is 1. The topological polar surface area (TPSA) is 47.3 Å². The molecule has 1 aromatic heterocycles. The number of aliphatic hydroxyl groups excluding tert-OH is 1. The Morgan fingerprint density at radius 1 is 1.37 bits per heavy atom. The summed E-state index contributed by atoms with van der Waals surface area (Å²) in [6, 6.07) is 6.92. The first-order valence-electron chi connectivity index (χ1n) is 5.79. The highest BCUT2D eigenvalue weighted by Gasteiger charge is 2.13. The lowest BCUT2D eigenvalue weighted by Gasteiger charge is -2.13. The van der Waals surface area contributed by atoms with Gasteiger partial charge < -0.3 is 9.84 Å². The van der Waals surface area contributed by atoms with Crippen LogP contribution in [0.25, 0.3) is 0 Å². The average Bonchev–Trinajstić information content (AvgIpc) is 2.85. The van der Waals surface area contributed by atoms with E-state index < -0.39 is 12.7 Å². The Kier molecular flexibility index (Phi) is 4.11. The van der Waals surface area contributed by atoms with Gasteiger partial charge in [0.05, 0.1) is 6.10 Å². The number of halogens is 2. The van der Waals surface area contributed by atoms with Crippen molar-refractivity contribution in [1.82, 2.24) is 9.55 Å². The molecule has 0 saturated heterocycles. The second kappa shape index (κ2) is 5.79. The quantitative estimate of drug-likeness (QED) is 0.907. The fraction of sp³-hybridized carbons (Fsp3) is 0.308. The molecule has 102 valence electrons. The van der Waals surface area contributed by atoms with Crippen LogP contribution in [0, 0.1) is 0 Å². The normalized spacial score (nSPS) is 12.7. The third-order valence-corrected chi connectivity index (χ3v) is 2.69. The van der Waals surface area contributed by atoms with Gasteiger partial charge in [-0.1, -0.05) is 18.2 Å². The Balaban J connectivity index is 2.13. The molecule has 2 rings (SSSR count). The van der Waals surface area contributed by atoms with Crippen LogP contribution in [-0.2, 0) is 6.61 Å². The monoisotopic (exact) mass is 268 g/mol. The number of hydrogen-bond acceptors (Lipinski definition) is 3. The molecule has 4 nitrogen and oxygen atoms in total. The van der Waals surface area contributed by atoms with E-state index in [-0.39, 0.29) is 12.4 Å². The van der Waals surface area contributed by atoms with Crippen molar-refractivity contribution < 1.29 is 18.6 Å². The minimum Gasteiger partial charge on any atom is -0.485 e. The molecule has 0 spiro atoms. The Morgan fingerprint density at radius 2 is 2.11 bits per heavy atom. The molecule has 0 radical (unpaired) electrons. The fourth-order valence-electron chi connectivity index (χ4n) is 1.73. The molecule has 0 aliphatic rings. The van der Waals surface area contributed by atoms with Gasteiger partial charge in [-0.15, -0.1) is 0 Å². The fourth-order valence-corrected chi connectivity index (χ4v) is 1.73. The summed E-state index contributed by atoms with van der Waals surface area (Å²) < 4.78 is 31.4. The van der Waals surface area contributed by atoms with Gasteiger partial charge in [-0.25, -0.2) is 4.98 Å². The van der Waals surface area contributed by atoms with Gasteiger partial charge in [0.2, 0.25) is 0 Å². The van der Waals surface area contributed by atoms with Crippen molar-refractivity contribution in [2.75, 3.05) is 0 Å². The Labute approximate surface area is 109 Å². The Morgan fingerprint density at radius 3 is 2.79 bits per heavy atom. The molecule has 1 aromatic carbocycles. The van der Waals surface area contributed by atoms with Crippen molar-refractivity contribution in [1.29, 1.82) is 0 Å². The molecule has 1 N–H and O–H groups in total. The minimum atomic E-state index is -2.65. The zero-order chi connectivity index (χ0) is 13.8. The lowest BCUT2D eigenvalue weighted by Crippen LogP contribution is -2.08. The molecular formula is C13H14F2N2O2. The van der Waals surface area contributed by atoms with Crippen LogP contribution in [0.5, 0.6) is 5.75 Å². The van der Waals surface area contributed by atoms with E-state index in [0.29, 0.717) is 11.3 Å². The Bertz CT molecular complexity index is 541. The molecule has 6 heteroatoms. The van der Waals surface area contributed by atoms with Crippen LogP contribution in [0.1, 0.15) is 31.0 Å². The summed E-state index contributed by atoms with van der Waals surface area (Å²) in [7, 11) is 0. The molecule has 0 fully saturated rings. The summed E-state index contributed by atoms with van der Waals surface area (Å²) in [6.45, 7) is -1.11. The first-order valence-corrected chi connectivity index (χ1v) is 5.79. The van der Waals surface area contributed by atoms with E-state index in [1.54, 1.807) is 31.2 Å². The van der Waals surface area contributed by atoms with Gasteiger partial charge >= 0.3 is 6.55 Å². The van der Waals surface area contributed by atoms with Gasteiger partial charge in [0.25, 0.3) is 0 Å². The molecule has 1 heterocycles. The molecule has 0 bridgehead atoms. The summed E-state index contributed by atoms with van der Waals surface area (Å²) in [4.78, 5) is 3.82. The number of ether oxygens (including phenoxy) is 1. The number of benzene rings is 1. The molecule has 1 atom stereocenters. The molecule has 0 aliphatic carbocycles. The lowest BCUT2D eigenvalue weighted by atomic mass is 10.1. The summed E-state index contributed by atoms with van der Waals surface area (Å²) in [5.41, 5.74) is 0.609. The Hall–Kier alpha value is -1.95. The van der Waals surface area contributed by atoms with Gasteiger partial charge in [-0.05, 0) is 13.0 Å². The lowest BCUT2D eigenvalue weighted by molar-refractivity contribution is 0.0630. The highest BCUT2D eigenvalue weighted by atomic mass is 19.3. The van der Waals surface area contributed by atoms with Gasteiger partial charge in [0.15, 0.2) is 5.82 Å². The number of imidazole rings is 1. The number of hydrogen-bond donors (Lipinski definition) is 1. The van der Waals surface area contributed by atoms with E-state index in [1.807, 2.05) is 0 Å². The zero-order valence-corrected chi connectivity index (χ0v) is 10.3. The summed E-state index contributed by atoms with van der Waals surface area (Å²) in [5.74, 6) is 0.594. The van der Waals surface area contributed by atoms with E-state index >= 15 is 0 Å². The van der Waals surface area contributed by atoms with Crippen LogP contribution in [-0.4, -0.2) is 14.7 Å². The summed E-state index contributed by atoms with van der Waals surface area (Å²) in [6.07, 6.45) is 1.81. The molecular weight excluding hydrogens is 254 g/mol. The number of aliphatic hydroxyl groups is 1. The molecule has 2 aromatic rings. The summed E-state index contributed by atoms with van der Waals surface area (Å²) in [5, 5.41) is 9.58. The van der Waals surface area contributed by atoms with Crippen molar-refractivity contribution in [2.24, 2.45) is 0 Å². The standard InChI is InChI=1S/C13H14F2N2O2/c1-9(18)10-4-2-3-5-11(10)19-8-12-16-6-7-17(12)13(14)15/h2-7,9,13,18H,8H2,1H3. The third kappa shape index (κ3) is 3.08. The average molecular weight is 268 g/mol. The number of alkyl halides is 2. The molecule has 19 heavy (non-hydrogen) atoms. The maximum Gasteiger partial charge on any atom is 0.320 e. The van der Waals surface area contributed by atoms with Crippen molar-refractivity contribution >= 4 is 0 Å². The maximum absolute atomic E-state index is 12.6. The van der Waals surface area contributed by atoms with Crippen molar-refractivity contribution in [3.05, 3.63) is 48.0 Å². The molecule has 1 unspecified atom stereocenters. The predicted octanol–water partition coefficient (Wildman–Crippen LogP) is 2.91. The highest BCUT2D eigenvalue weighted by molar-refractivity contribution is 5.34. The number of rotatable bonds is 5. The van der Waals surface area contributed by atoms with E-state index in [9.17, 15) is 13.9 Å².